The number of aryl methyl sites for hydroxylation is 1. The number of hydrogen-bond acceptors (Lipinski definition) is 6. The smallest absolute Gasteiger partial charge is 0.341 e. The second-order valence-corrected chi connectivity index (χ2v) is 8.61. The van der Waals surface area contributed by atoms with Gasteiger partial charge >= 0.3 is 5.97 Å². The number of carboxylic acid groups (broad SMARTS) is 1. The number of ether oxygens (including phenoxy) is 1. The molecule has 0 saturated carbocycles. The molecule has 0 radical (unpaired) electrons. The fourth-order valence-corrected chi connectivity index (χ4v) is 5.04. The van der Waals surface area contributed by atoms with E-state index in [0.717, 1.165) is 36.1 Å². The largest absolute Gasteiger partial charge is 0.550 e. The monoisotopic (exact) mass is 404 g/mol. The number of carbonyl (C=O) groups is 3. The molecule has 2 aliphatic carbocycles. The number of carboxylic acids is 1. The summed E-state index contributed by atoms with van der Waals surface area (Å²) in [7, 11) is 0. The predicted octanol–water partition coefficient (Wildman–Crippen LogP) is 2.85. The molecule has 0 unspecified atom stereocenters. The third-order valence-electron chi connectivity index (χ3n) is 5.57. The second kappa shape index (κ2) is 8.90. The average molecular weight is 405 g/mol. The zero-order chi connectivity index (χ0) is 20.3. The fourth-order valence-electron chi connectivity index (χ4n) is 3.76. The van der Waals surface area contributed by atoms with Gasteiger partial charge in [-0.15, -0.1) is 11.3 Å². The molecule has 1 N–H and O–H groups in total. The van der Waals surface area contributed by atoms with Crippen LogP contribution < -0.4 is 10.4 Å². The Labute approximate surface area is 169 Å². The minimum absolute atomic E-state index is 0.207. The van der Waals surface area contributed by atoms with E-state index in [4.69, 9.17) is 4.74 Å². The number of carbonyl (C=O) groups excluding carboxylic acids is 3. The molecule has 6 nitrogen and oxygen atoms in total. The standard InChI is InChI=1S/C21H27NO5S/c1-3-12(2)27-21(26)17-15-10-6-7-11-16(15)28-19(17)22-18(23)13-8-4-5-9-14(13)20(24)25/h4-5,12-14H,3,6-11H2,1-2H3,(H,22,23)(H,24,25)/p-1/t12-,13+,14-/m0/s1. The maximum absolute atomic E-state index is 12.9. The van der Waals surface area contributed by atoms with Crippen molar-refractivity contribution in [3.63, 3.8) is 0 Å². The maximum atomic E-state index is 12.9. The normalized spacial score (nSPS) is 22.2. The topological polar surface area (TPSA) is 95.5 Å². The summed E-state index contributed by atoms with van der Waals surface area (Å²) in [6.45, 7) is 3.79. The molecular formula is C21H26NO5S-. The Morgan fingerprint density at radius 3 is 2.57 bits per heavy atom. The van der Waals surface area contributed by atoms with E-state index in [1.54, 1.807) is 6.08 Å². The lowest BCUT2D eigenvalue weighted by atomic mass is 9.82. The number of anilines is 1. The molecule has 0 saturated heterocycles. The summed E-state index contributed by atoms with van der Waals surface area (Å²) in [6.07, 6.45) is 8.45. The number of fused-ring (bicyclic) bond motifs is 1. The number of esters is 1. The third kappa shape index (κ3) is 4.29. The van der Waals surface area contributed by atoms with Crippen LogP contribution in [0, 0.1) is 11.8 Å². The van der Waals surface area contributed by atoms with Crippen molar-refractivity contribution >= 4 is 34.2 Å². The Hall–Kier alpha value is -2.15. The van der Waals surface area contributed by atoms with Crippen LogP contribution in [0.1, 0.15) is 66.8 Å². The van der Waals surface area contributed by atoms with Crippen LogP contribution in [0.5, 0.6) is 0 Å². The van der Waals surface area contributed by atoms with E-state index >= 15 is 0 Å². The van der Waals surface area contributed by atoms with Crippen molar-refractivity contribution in [3.8, 4) is 0 Å². The van der Waals surface area contributed by atoms with E-state index in [0.29, 0.717) is 23.4 Å². The van der Waals surface area contributed by atoms with E-state index in [2.05, 4.69) is 5.32 Å². The highest BCUT2D eigenvalue weighted by Crippen LogP contribution is 2.39. The van der Waals surface area contributed by atoms with Crippen LogP contribution in [-0.2, 0) is 27.2 Å². The Morgan fingerprint density at radius 2 is 1.89 bits per heavy atom. The summed E-state index contributed by atoms with van der Waals surface area (Å²) in [5.74, 6) is -3.56. The molecule has 0 bridgehead atoms. The van der Waals surface area contributed by atoms with Crippen LogP contribution >= 0.6 is 11.3 Å². The van der Waals surface area contributed by atoms with Crippen LogP contribution in [0.4, 0.5) is 5.00 Å². The van der Waals surface area contributed by atoms with Crippen LogP contribution in [-0.4, -0.2) is 23.9 Å². The van der Waals surface area contributed by atoms with Gasteiger partial charge in [-0.1, -0.05) is 19.1 Å². The second-order valence-electron chi connectivity index (χ2n) is 7.50. The number of rotatable bonds is 6. The summed E-state index contributed by atoms with van der Waals surface area (Å²) in [6, 6.07) is 0. The highest BCUT2D eigenvalue weighted by atomic mass is 32.1. The van der Waals surface area contributed by atoms with Crippen molar-refractivity contribution in [2.45, 2.75) is 64.9 Å². The SMILES string of the molecule is CC[C@H](C)OC(=O)c1c(NC(=O)[C@@H]2CC=CC[C@@H]2C(=O)[O-])sc2c1CCCC2. The van der Waals surface area contributed by atoms with Crippen molar-refractivity contribution in [3.05, 3.63) is 28.2 Å². The average Bonchev–Trinajstić information content (AvgIpc) is 3.05. The molecule has 1 heterocycles. The number of aliphatic carboxylic acids is 1. The first-order valence-corrected chi connectivity index (χ1v) is 10.8. The zero-order valence-electron chi connectivity index (χ0n) is 16.3. The minimum atomic E-state index is -1.22. The predicted molar refractivity (Wildman–Crippen MR) is 105 cm³/mol. The van der Waals surface area contributed by atoms with Crippen molar-refractivity contribution in [1.29, 1.82) is 0 Å². The molecule has 0 spiro atoms. The Morgan fingerprint density at radius 1 is 1.21 bits per heavy atom. The Balaban J connectivity index is 1.87. The molecule has 28 heavy (non-hydrogen) atoms. The molecule has 0 fully saturated rings. The zero-order valence-corrected chi connectivity index (χ0v) is 17.1. The minimum Gasteiger partial charge on any atom is -0.550 e. The van der Waals surface area contributed by atoms with Crippen LogP contribution in [0.15, 0.2) is 12.2 Å². The van der Waals surface area contributed by atoms with E-state index < -0.39 is 23.8 Å². The highest BCUT2D eigenvalue weighted by Gasteiger charge is 2.33. The van der Waals surface area contributed by atoms with Gasteiger partial charge in [0.05, 0.1) is 17.6 Å². The van der Waals surface area contributed by atoms with Gasteiger partial charge < -0.3 is 20.0 Å². The lowest BCUT2D eigenvalue weighted by Crippen LogP contribution is -2.41. The molecule has 2 aliphatic rings. The van der Waals surface area contributed by atoms with Crippen molar-refractivity contribution in [2.24, 2.45) is 11.8 Å². The quantitative estimate of drug-likeness (QED) is 0.581. The van der Waals surface area contributed by atoms with Gasteiger partial charge in [0.25, 0.3) is 0 Å². The first-order valence-electron chi connectivity index (χ1n) is 9.94. The van der Waals surface area contributed by atoms with Crippen LogP contribution in [0.3, 0.4) is 0 Å². The molecule has 1 aromatic rings. The molecule has 3 atom stereocenters. The first-order chi connectivity index (χ1) is 13.4. The molecule has 0 aromatic carbocycles. The van der Waals surface area contributed by atoms with Gasteiger partial charge in [-0.3, -0.25) is 4.79 Å². The van der Waals surface area contributed by atoms with Gasteiger partial charge in [0, 0.05) is 16.8 Å². The molecule has 152 valence electrons. The lowest BCUT2D eigenvalue weighted by molar-refractivity contribution is -0.313. The molecule has 1 aromatic heterocycles. The fraction of sp³-hybridized carbons (Fsp3) is 0.571. The van der Waals surface area contributed by atoms with E-state index in [9.17, 15) is 19.5 Å². The van der Waals surface area contributed by atoms with E-state index in [-0.39, 0.29) is 18.4 Å². The first kappa shape index (κ1) is 20.6. The molecule has 0 aliphatic heterocycles. The number of allylic oxidation sites excluding steroid dienone is 2. The van der Waals surface area contributed by atoms with Crippen molar-refractivity contribution in [2.75, 3.05) is 5.32 Å². The van der Waals surface area contributed by atoms with Gasteiger partial charge in [-0.2, -0.15) is 0 Å². The number of thiophene rings is 1. The van der Waals surface area contributed by atoms with Gasteiger partial charge in [0.15, 0.2) is 0 Å². The summed E-state index contributed by atoms with van der Waals surface area (Å²) >= 11 is 1.41. The van der Waals surface area contributed by atoms with Gasteiger partial charge in [-0.05, 0) is 57.4 Å². The van der Waals surface area contributed by atoms with Crippen molar-refractivity contribution < 1.29 is 24.2 Å². The summed E-state index contributed by atoms with van der Waals surface area (Å²) < 4.78 is 5.54. The van der Waals surface area contributed by atoms with Gasteiger partial charge in [0.1, 0.15) is 5.00 Å². The molecular weight excluding hydrogens is 378 g/mol. The molecule has 7 heteroatoms. The number of nitrogens with one attached hydrogen (secondary N) is 1. The van der Waals surface area contributed by atoms with Crippen molar-refractivity contribution in [1.82, 2.24) is 0 Å². The molecule has 1 amide bonds. The Kier molecular flexibility index (Phi) is 6.54. The van der Waals surface area contributed by atoms with E-state index in [1.807, 2.05) is 19.9 Å². The van der Waals surface area contributed by atoms with Gasteiger partial charge in [-0.25, -0.2) is 4.79 Å². The number of amides is 1. The Bertz CT molecular complexity index is 797. The molecule has 3 rings (SSSR count). The summed E-state index contributed by atoms with van der Waals surface area (Å²) in [4.78, 5) is 38.2. The van der Waals surface area contributed by atoms with Crippen LogP contribution in [0.25, 0.3) is 0 Å². The summed E-state index contributed by atoms with van der Waals surface area (Å²) in [5, 5.41) is 14.7. The summed E-state index contributed by atoms with van der Waals surface area (Å²) in [5.41, 5.74) is 1.42. The van der Waals surface area contributed by atoms with E-state index in [1.165, 1.54) is 11.3 Å². The number of hydrogen-bond donors (Lipinski definition) is 1. The highest BCUT2D eigenvalue weighted by molar-refractivity contribution is 7.17. The maximum Gasteiger partial charge on any atom is 0.341 e. The third-order valence-corrected chi connectivity index (χ3v) is 6.77. The van der Waals surface area contributed by atoms with Crippen LogP contribution in [0.2, 0.25) is 0 Å². The lowest BCUT2D eigenvalue weighted by Gasteiger charge is -2.28. The van der Waals surface area contributed by atoms with Gasteiger partial charge in [0.2, 0.25) is 5.91 Å².